The molecule has 0 aromatic carbocycles. The van der Waals surface area contributed by atoms with Gasteiger partial charge in [0.2, 0.25) is 5.91 Å². The molecule has 1 rings (SSSR count). The number of nitrogens with zero attached hydrogens (tertiary/aromatic N) is 1. The predicted molar refractivity (Wildman–Crippen MR) is 113 cm³/mol. The first-order valence-electron chi connectivity index (χ1n) is 9.94. The molecule has 1 atom stereocenters. The molecule has 1 fully saturated rings. The first-order valence-corrected chi connectivity index (χ1v) is 9.94. The minimum Gasteiger partial charge on any atom is -0.391 e. The fourth-order valence-electron chi connectivity index (χ4n) is 2.18. The molecule has 3 heteroatoms. The molecule has 1 heterocycles. The third kappa shape index (κ3) is 12.6. The molecule has 1 aliphatic heterocycles. The number of amides is 1. The van der Waals surface area contributed by atoms with Crippen molar-refractivity contribution < 1.29 is 9.90 Å². The van der Waals surface area contributed by atoms with Crippen LogP contribution in [-0.4, -0.2) is 35.1 Å². The molecule has 1 aliphatic rings. The van der Waals surface area contributed by atoms with Gasteiger partial charge < -0.3 is 10.0 Å². The lowest BCUT2D eigenvalue weighted by Crippen LogP contribution is -2.42. The molecular formula is C22H43NO2. The van der Waals surface area contributed by atoms with Crippen LogP contribution in [0.1, 0.15) is 75.2 Å². The van der Waals surface area contributed by atoms with E-state index in [4.69, 9.17) is 0 Å². The number of rotatable bonds is 4. The highest BCUT2D eigenvalue weighted by molar-refractivity contribution is 5.93. The second kappa shape index (κ2) is 19.0. The molecule has 0 aromatic heterocycles. The lowest BCUT2D eigenvalue weighted by Gasteiger charge is -2.30. The van der Waals surface area contributed by atoms with Crippen LogP contribution in [-0.2, 0) is 4.79 Å². The van der Waals surface area contributed by atoms with Crippen molar-refractivity contribution in [1.82, 2.24) is 4.90 Å². The molecule has 1 unspecified atom stereocenters. The molecule has 0 aliphatic carbocycles. The minimum absolute atomic E-state index is 0.0159. The highest BCUT2D eigenvalue weighted by atomic mass is 16.3. The zero-order valence-electron chi connectivity index (χ0n) is 18.2. The molecule has 1 saturated heterocycles. The Labute approximate surface area is 157 Å². The van der Waals surface area contributed by atoms with Crippen LogP contribution in [0.4, 0.5) is 0 Å². The van der Waals surface area contributed by atoms with Crippen molar-refractivity contribution in [3.8, 4) is 0 Å². The van der Waals surface area contributed by atoms with E-state index in [-0.39, 0.29) is 12.0 Å². The van der Waals surface area contributed by atoms with Gasteiger partial charge in [-0.15, -0.1) is 0 Å². The van der Waals surface area contributed by atoms with Crippen molar-refractivity contribution in [1.29, 1.82) is 0 Å². The van der Waals surface area contributed by atoms with Crippen LogP contribution in [0.25, 0.3) is 0 Å². The zero-order chi connectivity index (χ0) is 20.4. The SMILES string of the molecule is C=C/C(=C\C=C(/C)C(=O)N1CCCC(O)C1)C(C)C.CC.CC.CC. The van der Waals surface area contributed by atoms with E-state index < -0.39 is 0 Å². The summed E-state index contributed by atoms with van der Waals surface area (Å²) < 4.78 is 0. The second-order valence-electron chi connectivity index (χ2n) is 5.42. The van der Waals surface area contributed by atoms with Crippen LogP contribution in [0.15, 0.2) is 36.0 Å². The number of hydrogen-bond acceptors (Lipinski definition) is 2. The number of aliphatic hydroxyl groups is 1. The average molecular weight is 354 g/mol. The van der Waals surface area contributed by atoms with Gasteiger partial charge in [0, 0.05) is 18.7 Å². The summed E-state index contributed by atoms with van der Waals surface area (Å²) in [6.07, 6.45) is 6.91. The molecule has 0 spiro atoms. The Kier molecular flexibility index (Phi) is 21.6. The summed E-state index contributed by atoms with van der Waals surface area (Å²) in [4.78, 5) is 13.9. The van der Waals surface area contributed by atoms with Gasteiger partial charge in [-0.3, -0.25) is 4.79 Å². The van der Waals surface area contributed by atoms with E-state index in [1.54, 1.807) is 4.90 Å². The van der Waals surface area contributed by atoms with Crippen molar-refractivity contribution >= 4 is 5.91 Å². The Morgan fingerprint density at radius 2 is 1.64 bits per heavy atom. The van der Waals surface area contributed by atoms with E-state index in [0.29, 0.717) is 18.0 Å². The van der Waals surface area contributed by atoms with Gasteiger partial charge in [-0.2, -0.15) is 0 Å². The fourth-order valence-corrected chi connectivity index (χ4v) is 2.18. The maximum atomic E-state index is 12.2. The predicted octanol–water partition coefficient (Wildman–Crippen LogP) is 5.76. The number of aliphatic hydroxyl groups excluding tert-OH is 1. The van der Waals surface area contributed by atoms with Crippen LogP contribution in [0.3, 0.4) is 0 Å². The van der Waals surface area contributed by atoms with Crippen LogP contribution in [0.5, 0.6) is 0 Å². The zero-order valence-corrected chi connectivity index (χ0v) is 18.2. The minimum atomic E-state index is -0.375. The van der Waals surface area contributed by atoms with Gasteiger partial charge >= 0.3 is 0 Å². The van der Waals surface area contributed by atoms with Gasteiger partial charge in [-0.05, 0) is 31.3 Å². The van der Waals surface area contributed by atoms with Crippen molar-refractivity contribution in [2.45, 2.75) is 81.3 Å². The van der Waals surface area contributed by atoms with E-state index in [1.807, 2.05) is 66.7 Å². The summed E-state index contributed by atoms with van der Waals surface area (Å²) >= 11 is 0. The van der Waals surface area contributed by atoms with Gasteiger partial charge in [0.1, 0.15) is 0 Å². The molecule has 0 radical (unpaired) electrons. The van der Waals surface area contributed by atoms with Crippen LogP contribution in [0, 0.1) is 5.92 Å². The van der Waals surface area contributed by atoms with Gasteiger partial charge in [0.05, 0.1) is 6.10 Å². The third-order valence-electron chi connectivity index (χ3n) is 3.45. The maximum Gasteiger partial charge on any atom is 0.249 e. The van der Waals surface area contributed by atoms with Crippen LogP contribution < -0.4 is 0 Å². The van der Waals surface area contributed by atoms with E-state index in [9.17, 15) is 9.90 Å². The van der Waals surface area contributed by atoms with Crippen LogP contribution in [0.2, 0.25) is 0 Å². The summed E-state index contributed by atoms with van der Waals surface area (Å²) in [5.74, 6) is 0.413. The molecule has 3 nitrogen and oxygen atoms in total. The Morgan fingerprint density at radius 1 is 1.12 bits per heavy atom. The number of carbonyl (C=O) groups excluding carboxylic acids is 1. The first-order chi connectivity index (χ1) is 12.0. The lowest BCUT2D eigenvalue weighted by atomic mass is 10.0. The van der Waals surface area contributed by atoms with Gasteiger partial charge in [-0.25, -0.2) is 0 Å². The molecule has 0 bridgehead atoms. The van der Waals surface area contributed by atoms with Crippen molar-refractivity contribution in [2.75, 3.05) is 13.1 Å². The molecule has 0 aromatic rings. The Morgan fingerprint density at radius 3 is 2.04 bits per heavy atom. The fraction of sp³-hybridized carbons (Fsp3) is 0.682. The van der Waals surface area contributed by atoms with E-state index in [0.717, 1.165) is 25.0 Å². The molecule has 0 saturated carbocycles. The Hall–Kier alpha value is -1.35. The van der Waals surface area contributed by atoms with Gasteiger partial charge in [-0.1, -0.05) is 80.2 Å². The third-order valence-corrected chi connectivity index (χ3v) is 3.45. The molecular weight excluding hydrogens is 310 g/mol. The quantitative estimate of drug-likeness (QED) is 0.515. The summed E-state index contributed by atoms with van der Waals surface area (Å²) in [5.41, 5.74) is 1.82. The van der Waals surface area contributed by atoms with Crippen LogP contribution >= 0.6 is 0 Å². The smallest absolute Gasteiger partial charge is 0.249 e. The highest BCUT2D eigenvalue weighted by Crippen LogP contribution is 2.14. The monoisotopic (exact) mass is 353 g/mol. The largest absolute Gasteiger partial charge is 0.391 e. The topological polar surface area (TPSA) is 40.5 Å². The van der Waals surface area contributed by atoms with E-state index >= 15 is 0 Å². The summed E-state index contributed by atoms with van der Waals surface area (Å²) in [7, 11) is 0. The van der Waals surface area contributed by atoms with E-state index in [2.05, 4.69) is 20.4 Å². The number of likely N-dealkylation sites (tertiary alicyclic amines) is 1. The Balaban J connectivity index is -0.000000725. The van der Waals surface area contributed by atoms with Gasteiger partial charge in [0.15, 0.2) is 0 Å². The van der Waals surface area contributed by atoms with Crippen molar-refractivity contribution in [3.63, 3.8) is 0 Å². The Bertz CT molecular complexity index is 395. The molecule has 1 N–H and O–H groups in total. The summed E-state index contributed by atoms with van der Waals surface area (Å²) in [6.45, 7) is 23.0. The average Bonchev–Trinajstić information content (AvgIpc) is 2.66. The number of allylic oxidation sites excluding steroid dienone is 4. The standard InChI is InChI=1S/C16H25NO2.3C2H6/c1-5-14(12(2)3)9-8-13(4)16(19)17-10-6-7-15(18)11-17;3*1-2/h5,8-9,12,15,18H,1,6-7,10-11H2,2-4H3;3*1-2H3/b13-8+,14-9+;;;. The highest BCUT2D eigenvalue weighted by Gasteiger charge is 2.22. The van der Waals surface area contributed by atoms with Crippen molar-refractivity contribution in [2.24, 2.45) is 5.92 Å². The van der Waals surface area contributed by atoms with Crippen molar-refractivity contribution in [3.05, 3.63) is 36.0 Å². The first kappa shape index (κ1) is 28.5. The number of hydrogen-bond donors (Lipinski definition) is 1. The lowest BCUT2D eigenvalue weighted by molar-refractivity contribution is -0.130. The summed E-state index contributed by atoms with van der Waals surface area (Å²) in [5, 5.41) is 9.60. The summed E-state index contributed by atoms with van der Waals surface area (Å²) in [6, 6.07) is 0. The normalized spacial score (nSPS) is 17.2. The van der Waals surface area contributed by atoms with Gasteiger partial charge in [0.25, 0.3) is 0 Å². The number of carbonyl (C=O) groups is 1. The maximum absolute atomic E-state index is 12.2. The van der Waals surface area contributed by atoms with E-state index in [1.165, 1.54) is 0 Å². The second-order valence-corrected chi connectivity index (χ2v) is 5.42. The number of β-amino-alcohol motifs (C(OH)–C–C–N with tert-alkyl or cyclic N) is 1. The molecule has 148 valence electrons. The molecule has 1 amide bonds. The molecule has 25 heavy (non-hydrogen) atoms. The number of piperidine rings is 1.